The molecule has 0 aromatic heterocycles. The Hall–Kier alpha value is -2.02. The zero-order valence-corrected chi connectivity index (χ0v) is 12.8. The summed E-state index contributed by atoms with van der Waals surface area (Å²) in [6.45, 7) is 2.15. The largest absolute Gasteiger partial charge is 0.463 e. The van der Waals surface area contributed by atoms with Gasteiger partial charge in [0.25, 0.3) is 0 Å². The third kappa shape index (κ3) is 4.22. The van der Waals surface area contributed by atoms with Crippen molar-refractivity contribution in [1.29, 1.82) is 0 Å². The Bertz CT molecular complexity index is 581. The molecule has 21 heavy (non-hydrogen) atoms. The Kier molecular flexibility index (Phi) is 5.21. The summed E-state index contributed by atoms with van der Waals surface area (Å²) < 4.78 is 20.9. The number of carbonyl (C=O) groups is 2. The average molecular weight is 357 g/mol. The zero-order chi connectivity index (χ0) is 15.2. The minimum atomic E-state index is -0.632. The van der Waals surface area contributed by atoms with E-state index in [0.29, 0.717) is 11.5 Å². The molecule has 2 rings (SSSR count). The van der Waals surface area contributed by atoms with Crippen LogP contribution in [-0.2, 0) is 25.7 Å². The van der Waals surface area contributed by atoms with Gasteiger partial charge >= 0.3 is 11.9 Å². The minimum absolute atomic E-state index is 0.0449. The topological polar surface area (TPSA) is 71.1 Å². The van der Waals surface area contributed by atoms with E-state index in [-0.39, 0.29) is 20.0 Å². The van der Waals surface area contributed by atoms with E-state index < -0.39 is 11.9 Å². The molecule has 0 aliphatic carbocycles. The predicted molar refractivity (Wildman–Crippen MR) is 75.8 cm³/mol. The quantitative estimate of drug-likeness (QED) is 0.595. The molecule has 1 aliphatic rings. The number of esters is 2. The standard InChI is InChI=1S/C14H13BrO6/c1-2-18-13(16)3-4-14(17)19-7-9-5-11-12(6-10(9)15)21-8-20-11/h3-6H,2,7-8H2,1H3/b4-3+. The van der Waals surface area contributed by atoms with Crippen molar-refractivity contribution in [2.75, 3.05) is 13.4 Å². The van der Waals surface area contributed by atoms with Gasteiger partial charge in [-0.15, -0.1) is 0 Å². The number of hydrogen-bond donors (Lipinski definition) is 0. The van der Waals surface area contributed by atoms with Crippen LogP contribution in [-0.4, -0.2) is 25.3 Å². The van der Waals surface area contributed by atoms with Gasteiger partial charge in [-0.25, -0.2) is 9.59 Å². The highest BCUT2D eigenvalue weighted by Crippen LogP contribution is 2.37. The van der Waals surface area contributed by atoms with Gasteiger partial charge in [0.15, 0.2) is 11.5 Å². The molecular formula is C14H13BrO6. The molecule has 7 heteroatoms. The van der Waals surface area contributed by atoms with Crippen LogP contribution < -0.4 is 9.47 Å². The molecule has 1 aliphatic heterocycles. The van der Waals surface area contributed by atoms with Gasteiger partial charge in [0.1, 0.15) is 6.61 Å². The Morgan fingerprint density at radius 3 is 2.48 bits per heavy atom. The van der Waals surface area contributed by atoms with Gasteiger partial charge in [0.05, 0.1) is 6.61 Å². The van der Waals surface area contributed by atoms with Gasteiger partial charge < -0.3 is 18.9 Å². The van der Waals surface area contributed by atoms with Crippen molar-refractivity contribution < 1.29 is 28.5 Å². The monoisotopic (exact) mass is 356 g/mol. The van der Waals surface area contributed by atoms with E-state index in [9.17, 15) is 9.59 Å². The van der Waals surface area contributed by atoms with Crippen molar-refractivity contribution in [3.05, 3.63) is 34.3 Å². The van der Waals surface area contributed by atoms with Crippen molar-refractivity contribution in [3.63, 3.8) is 0 Å². The van der Waals surface area contributed by atoms with E-state index in [0.717, 1.165) is 22.2 Å². The summed E-state index contributed by atoms with van der Waals surface area (Å²) in [6, 6.07) is 3.48. The van der Waals surface area contributed by atoms with Crippen LogP contribution in [0, 0.1) is 0 Å². The van der Waals surface area contributed by atoms with E-state index in [4.69, 9.17) is 14.2 Å². The molecular weight excluding hydrogens is 344 g/mol. The fourth-order valence-electron chi connectivity index (χ4n) is 1.59. The summed E-state index contributed by atoms with van der Waals surface area (Å²) in [6.07, 6.45) is 2.05. The predicted octanol–water partition coefficient (Wildman–Crippen LogP) is 2.34. The van der Waals surface area contributed by atoms with Gasteiger partial charge in [0, 0.05) is 22.2 Å². The van der Waals surface area contributed by atoms with Crippen LogP contribution in [0.3, 0.4) is 0 Å². The highest BCUT2D eigenvalue weighted by atomic mass is 79.9. The summed E-state index contributed by atoms with van der Waals surface area (Å²) >= 11 is 3.36. The van der Waals surface area contributed by atoms with Crippen molar-refractivity contribution >= 4 is 27.9 Å². The van der Waals surface area contributed by atoms with Crippen LogP contribution >= 0.6 is 15.9 Å². The van der Waals surface area contributed by atoms with Crippen LogP contribution in [0.1, 0.15) is 12.5 Å². The van der Waals surface area contributed by atoms with Crippen molar-refractivity contribution in [2.45, 2.75) is 13.5 Å². The Morgan fingerprint density at radius 1 is 1.19 bits per heavy atom. The summed E-state index contributed by atoms with van der Waals surface area (Å²) in [5, 5.41) is 0. The number of carbonyl (C=O) groups excluding carboxylic acids is 2. The van der Waals surface area contributed by atoms with Gasteiger partial charge in [-0.05, 0) is 19.1 Å². The molecule has 6 nitrogen and oxygen atoms in total. The molecule has 0 spiro atoms. The Balaban J connectivity index is 1.91. The maximum atomic E-state index is 11.5. The van der Waals surface area contributed by atoms with E-state index >= 15 is 0 Å². The summed E-state index contributed by atoms with van der Waals surface area (Å²) in [5.74, 6) is 0.0248. The fraction of sp³-hybridized carbons (Fsp3) is 0.286. The number of rotatable bonds is 5. The van der Waals surface area contributed by atoms with Crippen molar-refractivity contribution in [1.82, 2.24) is 0 Å². The third-order valence-corrected chi connectivity index (χ3v) is 3.29. The van der Waals surface area contributed by atoms with E-state index in [1.165, 1.54) is 0 Å². The van der Waals surface area contributed by atoms with Gasteiger partial charge in [0.2, 0.25) is 6.79 Å². The lowest BCUT2D eigenvalue weighted by molar-refractivity contribution is -0.141. The summed E-state index contributed by atoms with van der Waals surface area (Å²) in [4.78, 5) is 22.5. The average Bonchev–Trinajstić information content (AvgIpc) is 2.90. The molecule has 1 aromatic carbocycles. The highest BCUT2D eigenvalue weighted by molar-refractivity contribution is 9.10. The number of hydrogen-bond acceptors (Lipinski definition) is 6. The van der Waals surface area contributed by atoms with Crippen LogP contribution in [0.4, 0.5) is 0 Å². The van der Waals surface area contributed by atoms with Gasteiger partial charge in [-0.3, -0.25) is 0 Å². The van der Waals surface area contributed by atoms with Gasteiger partial charge in [-0.2, -0.15) is 0 Å². The third-order valence-electron chi connectivity index (χ3n) is 2.55. The molecule has 0 saturated carbocycles. The second kappa shape index (κ2) is 7.12. The number of benzene rings is 1. The van der Waals surface area contributed by atoms with E-state index in [1.54, 1.807) is 19.1 Å². The molecule has 0 saturated heterocycles. The van der Waals surface area contributed by atoms with Crippen LogP contribution in [0.5, 0.6) is 11.5 Å². The Morgan fingerprint density at radius 2 is 1.81 bits per heavy atom. The first-order valence-corrected chi connectivity index (χ1v) is 6.99. The molecule has 0 atom stereocenters. The van der Waals surface area contributed by atoms with Crippen LogP contribution in [0.25, 0.3) is 0 Å². The highest BCUT2D eigenvalue weighted by Gasteiger charge is 2.16. The second-order valence-electron chi connectivity index (χ2n) is 3.99. The molecule has 0 N–H and O–H groups in total. The fourth-order valence-corrected chi connectivity index (χ4v) is 2.03. The minimum Gasteiger partial charge on any atom is -0.463 e. The molecule has 1 aromatic rings. The maximum absolute atomic E-state index is 11.5. The molecule has 0 bridgehead atoms. The number of fused-ring (bicyclic) bond motifs is 1. The normalized spacial score (nSPS) is 12.5. The maximum Gasteiger partial charge on any atom is 0.331 e. The van der Waals surface area contributed by atoms with E-state index in [2.05, 4.69) is 20.7 Å². The lowest BCUT2D eigenvalue weighted by Crippen LogP contribution is -2.04. The molecule has 0 fully saturated rings. The molecule has 0 amide bonds. The molecule has 112 valence electrons. The molecule has 1 heterocycles. The summed E-state index contributed by atoms with van der Waals surface area (Å²) in [5.41, 5.74) is 0.733. The number of halogens is 1. The molecule has 0 unspecified atom stereocenters. The summed E-state index contributed by atoms with van der Waals surface area (Å²) in [7, 11) is 0. The number of ether oxygens (including phenoxy) is 4. The second-order valence-corrected chi connectivity index (χ2v) is 4.84. The Labute approximate surface area is 129 Å². The van der Waals surface area contributed by atoms with Gasteiger partial charge in [-0.1, -0.05) is 15.9 Å². The van der Waals surface area contributed by atoms with Crippen molar-refractivity contribution in [2.24, 2.45) is 0 Å². The first kappa shape index (κ1) is 15.4. The molecule has 0 radical (unpaired) electrons. The first-order valence-electron chi connectivity index (χ1n) is 6.19. The smallest absolute Gasteiger partial charge is 0.331 e. The SMILES string of the molecule is CCOC(=O)/C=C/C(=O)OCc1cc2c(cc1Br)OCO2. The lowest BCUT2D eigenvalue weighted by atomic mass is 10.2. The van der Waals surface area contributed by atoms with Crippen molar-refractivity contribution in [3.8, 4) is 11.5 Å². The van der Waals surface area contributed by atoms with Crippen LogP contribution in [0.15, 0.2) is 28.8 Å². The zero-order valence-electron chi connectivity index (χ0n) is 11.3. The van der Waals surface area contributed by atoms with E-state index in [1.807, 2.05) is 0 Å². The van der Waals surface area contributed by atoms with Crippen LogP contribution in [0.2, 0.25) is 0 Å². The lowest BCUT2D eigenvalue weighted by Gasteiger charge is -2.06. The first-order chi connectivity index (χ1) is 10.1.